The van der Waals surface area contributed by atoms with Gasteiger partial charge in [0.1, 0.15) is 0 Å². The first-order valence-electron chi connectivity index (χ1n) is 4.07. The third-order valence-corrected chi connectivity index (χ3v) is 4.36. The van der Waals surface area contributed by atoms with E-state index in [1.54, 1.807) is 0 Å². The van der Waals surface area contributed by atoms with Crippen LogP contribution in [0.1, 0.15) is 6.42 Å². The molecule has 0 aromatic heterocycles. The van der Waals surface area contributed by atoms with Gasteiger partial charge in [0.2, 0.25) is 0 Å². The van der Waals surface area contributed by atoms with E-state index in [1.165, 1.54) is 6.42 Å². The Morgan fingerprint density at radius 1 is 0.889 bits per heavy atom. The van der Waals surface area contributed by atoms with E-state index in [2.05, 4.69) is 0 Å². The molecule has 1 heteroatoms. The second-order valence-corrected chi connectivity index (χ2v) is 4.36. The third-order valence-electron chi connectivity index (χ3n) is 4.36. The molecular weight excluding hydrogens is 112 g/mol. The van der Waals surface area contributed by atoms with E-state index in [-0.39, 0.29) is 6.10 Å². The predicted molar refractivity (Wildman–Crippen MR) is 31.6 cm³/mol. The number of hydrogen-bond donors (Lipinski definition) is 1. The molecule has 9 heavy (non-hydrogen) atoms. The van der Waals surface area contributed by atoms with Gasteiger partial charge in [-0.05, 0) is 41.9 Å². The summed E-state index contributed by atoms with van der Waals surface area (Å²) in [5.74, 6) is 5.64. The maximum Gasteiger partial charge on any atom is 0.0607 e. The van der Waals surface area contributed by atoms with Crippen LogP contribution in [-0.4, -0.2) is 11.2 Å². The van der Waals surface area contributed by atoms with Gasteiger partial charge in [-0.1, -0.05) is 0 Å². The van der Waals surface area contributed by atoms with E-state index in [0.29, 0.717) is 0 Å². The summed E-state index contributed by atoms with van der Waals surface area (Å²) in [6, 6.07) is 0. The van der Waals surface area contributed by atoms with Crippen molar-refractivity contribution >= 4 is 0 Å². The Balaban J connectivity index is 1.96. The van der Waals surface area contributed by atoms with Crippen LogP contribution in [-0.2, 0) is 0 Å². The van der Waals surface area contributed by atoms with Gasteiger partial charge in [0.15, 0.2) is 0 Å². The second kappa shape index (κ2) is 0.800. The van der Waals surface area contributed by atoms with Crippen LogP contribution in [0.3, 0.4) is 0 Å². The zero-order valence-corrected chi connectivity index (χ0v) is 5.20. The summed E-state index contributed by atoms with van der Waals surface area (Å²) in [4.78, 5) is 0. The van der Waals surface area contributed by atoms with Crippen LogP contribution in [0.15, 0.2) is 0 Å². The van der Waals surface area contributed by atoms with E-state index in [1.807, 2.05) is 0 Å². The standard InChI is InChI=1S/C8H10O/c9-8-6-2-1-3-5(4(2)6)7(3)8/h2-9H,1H2/t2-,3+,4-,5+,6-,7+,8?. The van der Waals surface area contributed by atoms with Crippen LogP contribution in [0.25, 0.3) is 0 Å². The van der Waals surface area contributed by atoms with E-state index < -0.39 is 0 Å². The monoisotopic (exact) mass is 122 g/mol. The molecule has 1 nitrogen and oxygen atoms in total. The van der Waals surface area contributed by atoms with Crippen molar-refractivity contribution in [3.05, 3.63) is 0 Å². The molecule has 0 aromatic rings. The van der Waals surface area contributed by atoms with Crippen LogP contribution >= 0.6 is 0 Å². The quantitative estimate of drug-likeness (QED) is 0.495. The first-order chi connectivity index (χ1) is 4.39. The smallest absolute Gasteiger partial charge is 0.0607 e. The van der Waals surface area contributed by atoms with Crippen LogP contribution in [0.4, 0.5) is 0 Å². The molecule has 7 atom stereocenters. The molecule has 0 saturated heterocycles. The molecule has 4 rings (SSSR count). The number of aliphatic hydroxyl groups excluding tert-OH is 1. The summed E-state index contributed by atoms with van der Waals surface area (Å²) in [6.45, 7) is 0. The number of fused-ring (bicyclic) bond motifs is 2. The van der Waals surface area contributed by atoms with Gasteiger partial charge < -0.3 is 5.11 Å². The first kappa shape index (κ1) is 3.97. The minimum absolute atomic E-state index is 0.156. The van der Waals surface area contributed by atoms with Gasteiger partial charge in [0.05, 0.1) is 6.10 Å². The molecule has 4 fully saturated rings. The molecule has 0 aromatic carbocycles. The summed E-state index contributed by atoms with van der Waals surface area (Å²) in [6.07, 6.45) is 1.64. The Kier molecular flexibility index (Phi) is 0.353. The third kappa shape index (κ3) is 0.219. The SMILES string of the molecule is OC1[C@@H]2[C@@H]3C[C@@H]4[C@H]1[C@@H]4[C@@H]32. The van der Waals surface area contributed by atoms with Crippen molar-refractivity contribution in [2.75, 3.05) is 0 Å². The Bertz CT molecular complexity index is 153. The molecule has 0 bridgehead atoms. The molecule has 1 unspecified atom stereocenters. The lowest BCUT2D eigenvalue weighted by molar-refractivity contribution is 0.105. The van der Waals surface area contributed by atoms with E-state index in [9.17, 15) is 5.11 Å². The van der Waals surface area contributed by atoms with Gasteiger partial charge >= 0.3 is 0 Å². The second-order valence-electron chi connectivity index (χ2n) is 4.36. The summed E-state index contributed by atoms with van der Waals surface area (Å²) < 4.78 is 0. The minimum atomic E-state index is 0.156. The van der Waals surface area contributed by atoms with E-state index >= 15 is 0 Å². The predicted octanol–water partition coefficient (Wildman–Crippen LogP) is 0.489. The molecule has 0 heterocycles. The molecule has 4 aliphatic rings. The Morgan fingerprint density at radius 2 is 1.44 bits per heavy atom. The average Bonchev–Trinajstić information content (AvgIpc) is 2.65. The summed E-state index contributed by atoms with van der Waals surface area (Å²) in [5, 5.41) is 9.55. The zero-order chi connectivity index (χ0) is 5.75. The van der Waals surface area contributed by atoms with Gasteiger partial charge in [-0.15, -0.1) is 0 Å². The fraction of sp³-hybridized carbons (Fsp3) is 1.00. The molecule has 0 radical (unpaired) electrons. The lowest BCUT2D eigenvalue weighted by Gasteiger charge is -2.13. The lowest BCUT2D eigenvalue weighted by Crippen LogP contribution is -2.17. The highest BCUT2D eigenvalue weighted by atomic mass is 16.3. The highest BCUT2D eigenvalue weighted by Crippen LogP contribution is 2.84. The van der Waals surface area contributed by atoms with Gasteiger partial charge in [-0.3, -0.25) is 0 Å². The maximum absolute atomic E-state index is 9.55. The Hall–Kier alpha value is -0.0400. The molecule has 0 amide bonds. The van der Waals surface area contributed by atoms with Crippen LogP contribution in [0.2, 0.25) is 0 Å². The number of aliphatic hydroxyl groups is 1. The summed E-state index contributed by atoms with van der Waals surface area (Å²) in [7, 11) is 0. The van der Waals surface area contributed by atoms with Gasteiger partial charge in [0.25, 0.3) is 0 Å². The van der Waals surface area contributed by atoms with Crippen molar-refractivity contribution in [3.8, 4) is 0 Å². The average molecular weight is 122 g/mol. The van der Waals surface area contributed by atoms with E-state index in [4.69, 9.17) is 0 Å². The molecule has 0 spiro atoms. The highest BCUT2D eigenvalue weighted by Gasteiger charge is 2.82. The van der Waals surface area contributed by atoms with E-state index in [0.717, 1.165) is 35.5 Å². The number of rotatable bonds is 0. The molecule has 4 saturated carbocycles. The largest absolute Gasteiger partial charge is 0.393 e. The molecule has 0 aliphatic heterocycles. The van der Waals surface area contributed by atoms with Crippen molar-refractivity contribution in [3.63, 3.8) is 0 Å². The summed E-state index contributed by atoms with van der Waals surface area (Å²) in [5.41, 5.74) is 0. The van der Waals surface area contributed by atoms with Gasteiger partial charge in [0, 0.05) is 0 Å². The Labute approximate surface area is 54.1 Å². The zero-order valence-electron chi connectivity index (χ0n) is 5.20. The fourth-order valence-electron chi connectivity index (χ4n) is 4.10. The van der Waals surface area contributed by atoms with Crippen LogP contribution < -0.4 is 0 Å². The molecule has 48 valence electrons. The maximum atomic E-state index is 9.55. The molecular formula is C8H10O. The first-order valence-corrected chi connectivity index (χ1v) is 4.07. The summed E-state index contributed by atoms with van der Waals surface area (Å²) >= 11 is 0. The fourth-order valence-corrected chi connectivity index (χ4v) is 4.10. The van der Waals surface area contributed by atoms with Crippen LogP contribution in [0.5, 0.6) is 0 Å². The van der Waals surface area contributed by atoms with Gasteiger partial charge in [-0.25, -0.2) is 0 Å². The minimum Gasteiger partial charge on any atom is -0.393 e. The van der Waals surface area contributed by atoms with Crippen LogP contribution in [0, 0.1) is 35.5 Å². The van der Waals surface area contributed by atoms with Crippen molar-refractivity contribution in [1.29, 1.82) is 0 Å². The van der Waals surface area contributed by atoms with Gasteiger partial charge in [-0.2, -0.15) is 0 Å². The van der Waals surface area contributed by atoms with Crippen molar-refractivity contribution in [2.24, 2.45) is 35.5 Å². The topological polar surface area (TPSA) is 20.2 Å². The van der Waals surface area contributed by atoms with Crippen molar-refractivity contribution in [1.82, 2.24) is 0 Å². The number of hydrogen-bond acceptors (Lipinski definition) is 1. The highest BCUT2D eigenvalue weighted by molar-refractivity contribution is 5.30. The lowest BCUT2D eigenvalue weighted by atomic mass is 9.98. The Morgan fingerprint density at radius 3 is 1.67 bits per heavy atom. The molecule has 4 aliphatic carbocycles. The molecule has 1 N–H and O–H groups in total. The van der Waals surface area contributed by atoms with Crippen molar-refractivity contribution < 1.29 is 5.11 Å². The normalized spacial score (nSPS) is 87.0. The van der Waals surface area contributed by atoms with Crippen molar-refractivity contribution in [2.45, 2.75) is 12.5 Å².